The van der Waals surface area contributed by atoms with E-state index >= 15 is 0 Å². The van der Waals surface area contributed by atoms with Crippen molar-refractivity contribution in [2.75, 3.05) is 5.32 Å². The number of benzene rings is 1. The molecule has 2 aliphatic rings. The fourth-order valence-electron chi connectivity index (χ4n) is 3.41. The van der Waals surface area contributed by atoms with Crippen molar-refractivity contribution in [3.8, 4) is 11.4 Å². The third-order valence-electron chi connectivity index (χ3n) is 5.11. The second-order valence-corrected chi connectivity index (χ2v) is 7.02. The highest BCUT2D eigenvalue weighted by Gasteiger charge is 2.39. The van der Waals surface area contributed by atoms with Gasteiger partial charge in [-0.15, -0.1) is 10.2 Å². The Morgan fingerprint density at radius 1 is 1.20 bits per heavy atom. The number of fused-ring (bicyclic) bond motifs is 1. The van der Waals surface area contributed by atoms with Crippen LogP contribution in [0.25, 0.3) is 11.4 Å². The Balaban J connectivity index is 1.69. The molecule has 1 aliphatic heterocycles. The maximum Gasteiger partial charge on any atom is 0.227 e. The Morgan fingerprint density at radius 2 is 2.00 bits per heavy atom. The molecule has 2 aromatic rings. The van der Waals surface area contributed by atoms with Crippen LogP contribution in [-0.2, 0) is 17.8 Å². The summed E-state index contributed by atoms with van der Waals surface area (Å²) in [6.07, 6.45) is 4.71. The lowest BCUT2D eigenvalue weighted by molar-refractivity contribution is -0.117. The van der Waals surface area contributed by atoms with Gasteiger partial charge in [-0.2, -0.15) is 0 Å². The van der Waals surface area contributed by atoms with Gasteiger partial charge in [0.25, 0.3) is 0 Å². The molecule has 2 atom stereocenters. The molecule has 132 valence electrons. The summed E-state index contributed by atoms with van der Waals surface area (Å²) in [5.41, 5.74) is 0.160. The van der Waals surface area contributed by atoms with Gasteiger partial charge in [0.2, 0.25) is 5.91 Å². The van der Waals surface area contributed by atoms with Gasteiger partial charge in [0.15, 0.2) is 5.82 Å². The first-order valence-electron chi connectivity index (χ1n) is 8.77. The Hall–Kier alpha value is -2.31. The van der Waals surface area contributed by atoms with E-state index in [0.717, 1.165) is 50.5 Å². The van der Waals surface area contributed by atoms with E-state index in [2.05, 4.69) is 15.5 Å². The predicted molar refractivity (Wildman–Crippen MR) is 88.8 cm³/mol. The maximum absolute atomic E-state index is 14.4. The molecular weight excluding hydrogens is 326 g/mol. The van der Waals surface area contributed by atoms with Crippen LogP contribution in [0.4, 0.5) is 14.5 Å². The second-order valence-electron chi connectivity index (χ2n) is 7.02. The molecule has 5 nitrogen and oxygen atoms in total. The Labute approximate surface area is 144 Å². The number of rotatable bonds is 3. The van der Waals surface area contributed by atoms with Crippen molar-refractivity contribution in [3.05, 3.63) is 29.6 Å². The smallest absolute Gasteiger partial charge is 0.227 e. The zero-order chi connectivity index (χ0) is 17.6. The van der Waals surface area contributed by atoms with Gasteiger partial charge < -0.3 is 9.88 Å². The molecule has 0 unspecified atom stereocenters. The number of hydrogen-bond acceptors (Lipinski definition) is 3. The van der Waals surface area contributed by atoms with Gasteiger partial charge in [0.1, 0.15) is 17.5 Å². The summed E-state index contributed by atoms with van der Waals surface area (Å²) in [6, 6.07) is 2.14. The molecule has 0 spiro atoms. The van der Waals surface area contributed by atoms with E-state index in [1.165, 1.54) is 6.07 Å². The first kappa shape index (κ1) is 16.2. The lowest BCUT2D eigenvalue weighted by Crippen LogP contribution is -2.16. The van der Waals surface area contributed by atoms with Gasteiger partial charge in [-0.25, -0.2) is 8.78 Å². The van der Waals surface area contributed by atoms with E-state index in [-0.39, 0.29) is 23.1 Å². The average Bonchev–Trinajstić information content (AvgIpc) is 3.26. The van der Waals surface area contributed by atoms with Gasteiger partial charge in [-0.1, -0.05) is 13.3 Å². The monoisotopic (exact) mass is 346 g/mol. The van der Waals surface area contributed by atoms with Crippen molar-refractivity contribution in [1.29, 1.82) is 0 Å². The van der Waals surface area contributed by atoms with Crippen LogP contribution in [0.5, 0.6) is 0 Å². The molecule has 2 heterocycles. The van der Waals surface area contributed by atoms with Gasteiger partial charge in [0, 0.05) is 24.9 Å². The van der Waals surface area contributed by atoms with Crippen molar-refractivity contribution < 1.29 is 13.6 Å². The molecule has 1 aromatic heterocycles. The fraction of sp³-hybridized carbons (Fsp3) is 0.500. The van der Waals surface area contributed by atoms with Crippen molar-refractivity contribution in [3.63, 3.8) is 0 Å². The molecule has 4 rings (SSSR count). The van der Waals surface area contributed by atoms with E-state index < -0.39 is 11.6 Å². The highest BCUT2D eigenvalue weighted by Crippen LogP contribution is 2.39. The molecule has 1 fully saturated rings. The van der Waals surface area contributed by atoms with Crippen LogP contribution in [0.3, 0.4) is 0 Å². The van der Waals surface area contributed by atoms with E-state index in [9.17, 15) is 13.6 Å². The molecule has 0 bridgehead atoms. The minimum absolute atomic E-state index is 0.00790. The van der Waals surface area contributed by atoms with E-state index in [1.807, 2.05) is 11.5 Å². The molecule has 25 heavy (non-hydrogen) atoms. The number of aromatic nitrogens is 3. The Bertz CT molecular complexity index is 833. The Kier molecular flexibility index (Phi) is 4.01. The number of carbonyl (C=O) groups is 1. The highest BCUT2D eigenvalue weighted by atomic mass is 19.1. The summed E-state index contributed by atoms with van der Waals surface area (Å²) in [7, 11) is 0. The van der Waals surface area contributed by atoms with Crippen molar-refractivity contribution in [1.82, 2.24) is 14.8 Å². The normalized spacial score (nSPS) is 22.2. The van der Waals surface area contributed by atoms with Crippen LogP contribution in [0.1, 0.15) is 38.4 Å². The lowest BCUT2D eigenvalue weighted by atomic mass is 10.1. The molecule has 1 aliphatic carbocycles. The van der Waals surface area contributed by atoms with Crippen LogP contribution in [0.15, 0.2) is 12.1 Å². The molecule has 0 saturated heterocycles. The van der Waals surface area contributed by atoms with Crippen LogP contribution < -0.4 is 5.32 Å². The Morgan fingerprint density at radius 3 is 2.76 bits per heavy atom. The predicted octanol–water partition coefficient (Wildman–Crippen LogP) is 3.54. The topological polar surface area (TPSA) is 59.8 Å². The van der Waals surface area contributed by atoms with E-state index in [1.54, 1.807) is 0 Å². The number of nitrogens with one attached hydrogen (secondary N) is 1. The van der Waals surface area contributed by atoms with Crippen LogP contribution in [-0.4, -0.2) is 20.7 Å². The summed E-state index contributed by atoms with van der Waals surface area (Å²) in [5.74, 6) is -0.247. The highest BCUT2D eigenvalue weighted by molar-refractivity contribution is 5.95. The minimum Gasteiger partial charge on any atom is -0.323 e. The number of amides is 1. The molecule has 7 heteroatoms. The summed E-state index contributed by atoms with van der Waals surface area (Å²) in [6.45, 7) is 2.69. The third kappa shape index (κ3) is 3.03. The maximum atomic E-state index is 14.4. The van der Waals surface area contributed by atoms with Crippen molar-refractivity contribution in [2.24, 2.45) is 11.8 Å². The molecule has 0 radical (unpaired) electrons. The summed E-state index contributed by atoms with van der Waals surface area (Å²) < 4.78 is 30.4. The van der Waals surface area contributed by atoms with Crippen molar-refractivity contribution in [2.45, 2.75) is 45.6 Å². The third-order valence-corrected chi connectivity index (χ3v) is 5.11. The number of hydrogen-bond donors (Lipinski definition) is 1. The molecule has 1 aromatic carbocycles. The van der Waals surface area contributed by atoms with Gasteiger partial charge in [-0.3, -0.25) is 4.79 Å². The number of anilines is 1. The zero-order valence-electron chi connectivity index (χ0n) is 14.1. The number of nitrogens with zero attached hydrogens (tertiary/aromatic N) is 3. The lowest BCUT2D eigenvalue weighted by Gasteiger charge is -2.11. The molecular formula is C18H20F2N4O. The SMILES string of the molecule is C[C@@H]1C[C@H]1C(=O)Nc1cc(-c2nnc3n2CCCCC3)c(F)cc1F. The van der Waals surface area contributed by atoms with E-state index in [0.29, 0.717) is 11.7 Å². The average molecular weight is 346 g/mol. The quantitative estimate of drug-likeness (QED) is 0.925. The molecule has 1 saturated carbocycles. The van der Waals surface area contributed by atoms with Crippen LogP contribution in [0, 0.1) is 23.5 Å². The van der Waals surface area contributed by atoms with Gasteiger partial charge >= 0.3 is 0 Å². The second kappa shape index (κ2) is 6.20. The summed E-state index contributed by atoms with van der Waals surface area (Å²) >= 11 is 0. The zero-order valence-corrected chi connectivity index (χ0v) is 14.1. The molecule has 1 N–H and O–H groups in total. The van der Waals surface area contributed by atoms with Gasteiger partial charge in [0.05, 0.1) is 11.3 Å². The first-order chi connectivity index (χ1) is 12.0. The standard InChI is InChI=1S/C18H20F2N4O/c1-10-7-11(10)18(25)21-15-8-12(13(19)9-14(15)20)17-23-22-16-5-3-2-4-6-24(16)17/h8-11H,2-7H2,1H3,(H,21,25)/t10-,11-/m1/s1. The minimum atomic E-state index is -0.779. The van der Waals surface area contributed by atoms with Crippen LogP contribution >= 0.6 is 0 Å². The van der Waals surface area contributed by atoms with Crippen LogP contribution in [0.2, 0.25) is 0 Å². The summed E-state index contributed by atoms with van der Waals surface area (Å²) in [5, 5.41) is 10.9. The molecule has 1 amide bonds. The number of halogens is 2. The first-order valence-corrected chi connectivity index (χ1v) is 8.77. The van der Waals surface area contributed by atoms with E-state index in [4.69, 9.17) is 0 Å². The summed E-state index contributed by atoms with van der Waals surface area (Å²) in [4.78, 5) is 12.1. The number of aryl methyl sites for hydroxylation is 1. The van der Waals surface area contributed by atoms with Gasteiger partial charge in [-0.05, 0) is 31.2 Å². The number of carbonyl (C=O) groups excluding carboxylic acids is 1. The fourth-order valence-corrected chi connectivity index (χ4v) is 3.41. The largest absolute Gasteiger partial charge is 0.323 e. The van der Waals surface area contributed by atoms with Crippen molar-refractivity contribution >= 4 is 11.6 Å².